The van der Waals surface area contributed by atoms with Gasteiger partial charge in [0, 0.05) is 13.6 Å². The molecule has 0 fully saturated rings. The summed E-state index contributed by atoms with van der Waals surface area (Å²) in [5, 5.41) is 13.3. The van der Waals surface area contributed by atoms with Crippen LogP contribution in [-0.4, -0.2) is 56.4 Å². The Balaban J connectivity index is 0.00000364. The van der Waals surface area contributed by atoms with Crippen LogP contribution in [0.5, 0.6) is 11.5 Å². The van der Waals surface area contributed by atoms with Gasteiger partial charge in [0.2, 0.25) is 0 Å². The van der Waals surface area contributed by atoms with Gasteiger partial charge in [-0.05, 0) is 43.3 Å². The van der Waals surface area contributed by atoms with E-state index < -0.39 is 6.10 Å². The second-order valence-electron chi connectivity index (χ2n) is 5.67. The van der Waals surface area contributed by atoms with Crippen LogP contribution in [0.1, 0.15) is 18.8 Å². The normalized spacial score (nSPS) is 12.1. The van der Waals surface area contributed by atoms with Gasteiger partial charge in [-0.2, -0.15) is 0 Å². The highest BCUT2D eigenvalue weighted by atomic mass is 127. The summed E-state index contributed by atoms with van der Waals surface area (Å²) in [5.74, 6) is 2.80. The van der Waals surface area contributed by atoms with E-state index in [1.165, 1.54) is 6.26 Å². The summed E-state index contributed by atoms with van der Waals surface area (Å²) in [6.07, 6.45) is 0.776. The van der Waals surface area contributed by atoms with E-state index >= 15 is 0 Å². The summed E-state index contributed by atoms with van der Waals surface area (Å²) in [5.41, 5.74) is 0. The summed E-state index contributed by atoms with van der Waals surface area (Å²) >= 11 is 0. The van der Waals surface area contributed by atoms with Gasteiger partial charge in [0.15, 0.2) is 5.96 Å². The Kier molecular flexibility index (Phi) is 10.6. The third kappa shape index (κ3) is 7.67. The molecular weight excluding hydrogens is 461 g/mol. The molecule has 0 saturated carbocycles. The molecule has 7 nitrogen and oxygen atoms in total. The number of hydrogen-bond acceptors (Lipinski definition) is 5. The summed E-state index contributed by atoms with van der Waals surface area (Å²) in [6, 6.07) is 11.0. The van der Waals surface area contributed by atoms with E-state index in [1.54, 1.807) is 19.2 Å². The maximum atomic E-state index is 10.1. The topological polar surface area (TPSA) is 79.5 Å². The van der Waals surface area contributed by atoms with Crippen molar-refractivity contribution >= 4 is 29.9 Å². The molecule has 0 aliphatic carbocycles. The monoisotopic (exact) mass is 489 g/mol. The van der Waals surface area contributed by atoms with E-state index in [1.807, 2.05) is 43.1 Å². The van der Waals surface area contributed by atoms with Gasteiger partial charge in [0.1, 0.15) is 30.0 Å². The number of rotatable bonds is 9. The number of aliphatic hydroxyl groups is 1. The van der Waals surface area contributed by atoms with Crippen LogP contribution in [0.3, 0.4) is 0 Å². The number of nitrogens with one attached hydrogen (secondary N) is 1. The Morgan fingerprint density at radius 3 is 2.56 bits per heavy atom. The number of hydrogen-bond donors (Lipinski definition) is 2. The first-order valence-electron chi connectivity index (χ1n) is 8.61. The van der Waals surface area contributed by atoms with Crippen LogP contribution < -0.4 is 14.8 Å². The van der Waals surface area contributed by atoms with E-state index in [-0.39, 0.29) is 30.5 Å². The van der Waals surface area contributed by atoms with E-state index in [4.69, 9.17) is 13.9 Å². The number of aliphatic imine (C=N–C) groups is 1. The van der Waals surface area contributed by atoms with Crippen molar-refractivity contribution in [1.29, 1.82) is 0 Å². The van der Waals surface area contributed by atoms with Gasteiger partial charge in [-0.15, -0.1) is 24.0 Å². The minimum Gasteiger partial charge on any atom is -0.497 e. The lowest BCUT2D eigenvalue weighted by Crippen LogP contribution is -2.41. The molecule has 0 bridgehead atoms. The fourth-order valence-corrected chi connectivity index (χ4v) is 2.29. The highest BCUT2D eigenvalue weighted by Gasteiger charge is 2.12. The zero-order chi connectivity index (χ0) is 18.8. The first kappa shape index (κ1) is 23.1. The number of halogens is 1. The zero-order valence-corrected chi connectivity index (χ0v) is 18.3. The van der Waals surface area contributed by atoms with Crippen LogP contribution in [0.2, 0.25) is 0 Å². The molecule has 2 N–H and O–H groups in total. The largest absolute Gasteiger partial charge is 0.497 e. The minimum atomic E-state index is -0.761. The van der Waals surface area contributed by atoms with Gasteiger partial charge in [0.05, 0.1) is 26.5 Å². The molecule has 0 amide bonds. The van der Waals surface area contributed by atoms with E-state index in [2.05, 4.69) is 10.3 Å². The lowest BCUT2D eigenvalue weighted by Gasteiger charge is -2.22. The van der Waals surface area contributed by atoms with Gasteiger partial charge in [0.25, 0.3) is 0 Å². The van der Waals surface area contributed by atoms with Crippen molar-refractivity contribution in [2.24, 2.45) is 4.99 Å². The quantitative estimate of drug-likeness (QED) is 0.321. The molecule has 1 atom stereocenters. The van der Waals surface area contributed by atoms with Crippen LogP contribution >= 0.6 is 24.0 Å². The average molecular weight is 489 g/mol. The third-order valence-corrected chi connectivity index (χ3v) is 3.74. The fourth-order valence-electron chi connectivity index (χ4n) is 2.29. The van der Waals surface area contributed by atoms with E-state index in [9.17, 15) is 5.11 Å². The number of methoxy groups -OCH3 is 1. The number of guanidine groups is 1. The van der Waals surface area contributed by atoms with Crippen LogP contribution in [0, 0.1) is 0 Å². The average Bonchev–Trinajstić information content (AvgIpc) is 3.20. The van der Waals surface area contributed by atoms with Gasteiger partial charge >= 0.3 is 0 Å². The van der Waals surface area contributed by atoms with Crippen molar-refractivity contribution in [2.45, 2.75) is 13.0 Å². The standard InChI is InChI=1S/C19H27N3O4.HI/c1-4-20-19(21-14-17(23)18-6-5-12-26-18)22(2)11-13-25-16-9-7-15(24-3)8-10-16;/h5-10,12,17,23H,4,11,13-14H2,1-3H3,(H,20,21);1H. The Morgan fingerprint density at radius 1 is 1.26 bits per heavy atom. The molecule has 0 radical (unpaired) electrons. The molecule has 8 heteroatoms. The SMILES string of the molecule is CCNC(=NCC(O)c1ccco1)N(C)CCOc1ccc(OC)cc1.I. The highest BCUT2D eigenvalue weighted by Crippen LogP contribution is 2.17. The van der Waals surface area contributed by atoms with Crippen molar-refractivity contribution in [3.8, 4) is 11.5 Å². The molecule has 1 heterocycles. The van der Waals surface area contributed by atoms with Crippen molar-refractivity contribution in [3.05, 3.63) is 48.4 Å². The molecule has 1 aromatic heterocycles. The van der Waals surface area contributed by atoms with Crippen molar-refractivity contribution in [3.63, 3.8) is 0 Å². The van der Waals surface area contributed by atoms with Crippen LogP contribution in [-0.2, 0) is 0 Å². The maximum absolute atomic E-state index is 10.1. The molecule has 2 rings (SSSR count). The highest BCUT2D eigenvalue weighted by molar-refractivity contribution is 14.0. The van der Waals surface area contributed by atoms with Gasteiger partial charge in [-0.25, -0.2) is 4.99 Å². The maximum Gasteiger partial charge on any atom is 0.193 e. The molecule has 0 saturated heterocycles. The van der Waals surface area contributed by atoms with E-state index in [0.29, 0.717) is 24.9 Å². The fraction of sp³-hybridized carbons (Fsp3) is 0.421. The van der Waals surface area contributed by atoms with Crippen LogP contribution in [0.25, 0.3) is 0 Å². The number of aliphatic hydroxyl groups excluding tert-OH is 1. The molecule has 0 aliphatic heterocycles. The summed E-state index contributed by atoms with van der Waals surface area (Å²) in [6.45, 7) is 4.11. The molecule has 0 spiro atoms. The van der Waals surface area contributed by atoms with Crippen molar-refractivity contribution in [1.82, 2.24) is 10.2 Å². The summed E-state index contributed by atoms with van der Waals surface area (Å²) in [7, 11) is 3.56. The zero-order valence-electron chi connectivity index (χ0n) is 15.9. The van der Waals surface area contributed by atoms with E-state index in [0.717, 1.165) is 18.0 Å². The molecule has 0 aliphatic rings. The molecule has 1 aromatic carbocycles. The van der Waals surface area contributed by atoms with Gasteiger partial charge < -0.3 is 29.2 Å². The lowest BCUT2D eigenvalue weighted by atomic mass is 10.3. The van der Waals surface area contributed by atoms with Crippen LogP contribution in [0.15, 0.2) is 52.1 Å². The summed E-state index contributed by atoms with van der Waals surface area (Å²) in [4.78, 5) is 6.43. The first-order chi connectivity index (χ1) is 12.6. The lowest BCUT2D eigenvalue weighted by molar-refractivity contribution is 0.158. The predicted molar refractivity (Wildman–Crippen MR) is 116 cm³/mol. The number of likely N-dealkylation sites (N-methyl/N-ethyl adjacent to an activating group) is 1. The number of furan rings is 1. The number of benzene rings is 1. The van der Waals surface area contributed by atoms with Gasteiger partial charge in [-0.1, -0.05) is 0 Å². The molecule has 1 unspecified atom stereocenters. The molecule has 27 heavy (non-hydrogen) atoms. The van der Waals surface area contributed by atoms with Crippen molar-refractivity contribution in [2.75, 3.05) is 40.4 Å². The molecule has 2 aromatic rings. The van der Waals surface area contributed by atoms with Gasteiger partial charge in [-0.3, -0.25) is 0 Å². The van der Waals surface area contributed by atoms with Crippen LogP contribution in [0.4, 0.5) is 0 Å². The second kappa shape index (κ2) is 12.4. The molecular formula is C19H28IN3O4. The summed E-state index contributed by atoms with van der Waals surface area (Å²) < 4.78 is 16.1. The Labute approximate surface area is 177 Å². The third-order valence-electron chi connectivity index (χ3n) is 3.74. The number of nitrogens with zero attached hydrogens (tertiary/aromatic N) is 2. The Morgan fingerprint density at radius 2 is 1.96 bits per heavy atom. The van der Waals surface area contributed by atoms with Crippen molar-refractivity contribution < 1.29 is 19.0 Å². The Hall–Kier alpha value is -1.94. The Bertz CT molecular complexity index is 662. The second-order valence-corrected chi connectivity index (χ2v) is 5.67. The minimum absolute atomic E-state index is 0. The predicted octanol–water partition coefficient (Wildman–Crippen LogP) is 2.92. The number of ether oxygens (including phenoxy) is 2. The smallest absolute Gasteiger partial charge is 0.193 e. The molecule has 150 valence electrons. The first-order valence-corrected chi connectivity index (χ1v) is 8.61.